The normalized spacial score (nSPS) is 16.4. The van der Waals surface area contributed by atoms with Crippen molar-refractivity contribution in [3.8, 4) is 22.5 Å². The lowest BCUT2D eigenvalue weighted by molar-refractivity contribution is 0.745. The number of allylic oxidation sites excluding steroid dienone is 2. The molecule has 2 aliphatic rings. The van der Waals surface area contributed by atoms with Crippen LogP contribution in [0.3, 0.4) is 0 Å². The van der Waals surface area contributed by atoms with E-state index in [4.69, 9.17) is 0 Å². The molecule has 0 spiro atoms. The molecule has 2 atom stereocenters. The van der Waals surface area contributed by atoms with Gasteiger partial charge in [0.25, 0.3) is 0 Å². The molecule has 0 saturated carbocycles. The van der Waals surface area contributed by atoms with Crippen molar-refractivity contribution in [2.45, 2.75) is 12.0 Å². The molecule has 0 bridgehead atoms. The van der Waals surface area contributed by atoms with Gasteiger partial charge in [-0.2, -0.15) is 0 Å². The predicted molar refractivity (Wildman–Crippen MR) is 214 cm³/mol. The summed E-state index contributed by atoms with van der Waals surface area (Å²) in [6.07, 6.45) is 9.10. The summed E-state index contributed by atoms with van der Waals surface area (Å²) in [5.74, 6) is 0.336. The largest absolute Gasteiger partial charge is 0.333 e. The third kappa shape index (κ3) is 4.06. The molecule has 3 heterocycles. The molecule has 0 saturated heterocycles. The van der Waals surface area contributed by atoms with E-state index in [0.29, 0.717) is 5.92 Å². The van der Waals surface area contributed by atoms with E-state index in [1.807, 2.05) is 0 Å². The monoisotopic (exact) mass is 651 g/mol. The fourth-order valence-corrected chi connectivity index (χ4v) is 8.95. The summed E-state index contributed by atoms with van der Waals surface area (Å²) in [5.41, 5.74) is 13.5. The van der Waals surface area contributed by atoms with Crippen LogP contribution in [0.15, 0.2) is 188 Å². The van der Waals surface area contributed by atoms with Crippen LogP contribution in [-0.2, 0) is 0 Å². The SMILES string of the molecule is C1=CC2c3ccccc3N(c3cccc(-c4cc5c(c6ccccc6n5-c5ccccc5)c5c4c4ccccc4n5-c4ccccc4)c3)C2C=C1. The molecule has 9 aromatic rings. The Kier molecular flexibility index (Phi) is 6.08. The molecule has 11 rings (SSSR count). The molecule has 2 aromatic heterocycles. The van der Waals surface area contributed by atoms with Gasteiger partial charge in [-0.25, -0.2) is 0 Å². The first-order chi connectivity index (χ1) is 25.3. The van der Waals surface area contributed by atoms with Crippen molar-refractivity contribution in [2.75, 3.05) is 4.90 Å². The molecule has 0 radical (unpaired) electrons. The topological polar surface area (TPSA) is 13.1 Å². The van der Waals surface area contributed by atoms with E-state index < -0.39 is 0 Å². The van der Waals surface area contributed by atoms with Crippen molar-refractivity contribution in [1.82, 2.24) is 9.13 Å². The zero-order chi connectivity index (χ0) is 33.5. The van der Waals surface area contributed by atoms with E-state index >= 15 is 0 Å². The summed E-state index contributed by atoms with van der Waals surface area (Å²) in [5, 5.41) is 5.04. The van der Waals surface area contributed by atoms with Crippen LogP contribution in [0.25, 0.3) is 66.1 Å². The summed E-state index contributed by atoms with van der Waals surface area (Å²) in [7, 11) is 0. The van der Waals surface area contributed by atoms with Gasteiger partial charge in [-0.3, -0.25) is 0 Å². The number of nitrogens with zero attached hydrogens (tertiary/aromatic N) is 3. The minimum absolute atomic E-state index is 0.241. The first-order valence-corrected chi connectivity index (χ1v) is 17.8. The molecule has 240 valence electrons. The van der Waals surface area contributed by atoms with Gasteiger partial charge in [0.2, 0.25) is 0 Å². The van der Waals surface area contributed by atoms with Gasteiger partial charge in [0.15, 0.2) is 0 Å². The number of hydrogen-bond donors (Lipinski definition) is 0. The minimum atomic E-state index is 0.241. The third-order valence-electron chi connectivity index (χ3n) is 11.0. The van der Waals surface area contributed by atoms with Crippen molar-refractivity contribution in [2.24, 2.45) is 0 Å². The maximum Gasteiger partial charge on any atom is 0.0647 e. The van der Waals surface area contributed by atoms with E-state index in [9.17, 15) is 0 Å². The maximum atomic E-state index is 2.54. The summed E-state index contributed by atoms with van der Waals surface area (Å²) < 4.78 is 4.94. The van der Waals surface area contributed by atoms with Gasteiger partial charge in [0.05, 0.1) is 28.1 Å². The van der Waals surface area contributed by atoms with E-state index in [1.165, 1.54) is 71.7 Å². The Morgan fingerprint density at radius 1 is 0.431 bits per heavy atom. The quantitative estimate of drug-likeness (QED) is 0.185. The number of hydrogen-bond acceptors (Lipinski definition) is 1. The molecule has 2 unspecified atom stereocenters. The smallest absolute Gasteiger partial charge is 0.0647 e. The highest BCUT2D eigenvalue weighted by Crippen LogP contribution is 2.50. The fourth-order valence-electron chi connectivity index (χ4n) is 8.95. The van der Waals surface area contributed by atoms with Gasteiger partial charge < -0.3 is 14.0 Å². The Morgan fingerprint density at radius 2 is 1.04 bits per heavy atom. The van der Waals surface area contributed by atoms with Gasteiger partial charge in [-0.1, -0.05) is 127 Å². The van der Waals surface area contributed by atoms with Crippen molar-refractivity contribution in [1.29, 1.82) is 0 Å². The van der Waals surface area contributed by atoms with Crippen LogP contribution >= 0.6 is 0 Å². The van der Waals surface area contributed by atoms with E-state index in [1.54, 1.807) is 0 Å². The van der Waals surface area contributed by atoms with Crippen molar-refractivity contribution in [3.63, 3.8) is 0 Å². The number of rotatable bonds is 4. The zero-order valence-corrected chi connectivity index (χ0v) is 27.9. The van der Waals surface area contributed by atoms with Crippen LogP contribution in [0.1, 0.15) is 11.5 Å². The number of para-hydroxylation sites is 5. The molecule has 0 N–H and O–H groups in total. The van der Waals surface area contributed by atoms with Crippen molar-refractivity contribution >= 4 is 55.0 Å². The Hall–Kier alpha value is -6.58. The van der Waals surface area contributed by atoms with Crippen LogP contribution < -0.4 is 4.90 Å². The van der Waals surface area contributed by atoms with Crippen molar-refractivity contribution < 1.29 is 0 Å². The molecular weight excluding hydrogens is 619 g/mol. The number of fused-ring (bicyclic) bond motifs is 10. The van der Waals surface area contributed by atoms with E-state index in [2.05, 4.69) is 202 Å². The van der Waals surface area contributed by atoms with Crippen LogP contribution in [0, 0.1) is 0 Å². The van der Waals surface area contributed by atoms with Gasteiger partial charge in [-0.15, -0.1) is 0 Å². The van der Waals surface area contributed by atoms with Gasteiger partial charge in [0, 0.05) is 50.2 Å². The average molecular weight is 652 g/mol. The lowest BCUT2D eigenvalue weighted by Crippen LogP contribution is -2.28. The number of benzene rings is 7. The van der Waals surface area contributed by atoms with E-state index in [0.717, 1.165) is 11.4 Å². The Morgan fingerprint density at radius 3 is 1.82 bits per heavy atom. The van der Waals surface area contributed by atoms with Crippen molar-refractivity contribution in [3.05, 3.63) is 194 Å². The predicted octanol–water partition coefficient (Wildman–Crippen LogP) is 12.3. The highest BCUT2D eigenvalue weighted by molar-refractivity contribution is 6.30. The molecule has 51 heavy (non-hydrogen) atoms. The molecule has 3 heteroatoms. The van der Waals surface area contributed by atoms with Crippen LogP contribution in [-0.4, -0.2) is 15.2 Å². The average Bonchev–Trinajstić information content (AvgIpc) is 3.84. The Labute approximate surface area is 296 Å². The van der Waals surface area contributed by atoms with Gasteiger partial charge >= 0.3 is 0 Å². The van der Waals surface area contributed by atoms with Crippen LogP contribution in [0.2, 0.25) is 0 Å². The fraction of sp³-hybridized carbons (Fsp3) is 0.0417. The second-order valence-corrected chi connectivity index (χ2v) is 13.7. The molecule has 0 fully saturated rings. The summed E-state index contributed by atoms with van der Waals surface area (Å²) >= 11 is 0. The Bertz CT molecular complexity index is 2870. The summed E-state index contributed by atoms with van der Waals surface area (Å²) in [6, 6.07) is 60.3. The minimum Gasteiger partial charge on any atom is -0.333 e. The first-order valence-electron chi connectivity index (χ1n) is 17.8. The highest BCUT2D eigenvalue weighted by Gasteiger charge is 2.37. The highest BCUT2D eigenvalue weighted by atomic mass is 15.2. The van der Waals surface area contributed by atoms with Gasteiger partial charge in [0.1, 0.15) is 0 Å². The van der Waals surface area contributed by atoms with Crippen LogP contribution in [0.5, 0.6) is 0 Å². The molecule has 0 amide bonds. The Balaban J connectivity index is 1.28. The second kappa shape index (κ2) is 11.0. The third-order valence-corrected chi connectivity index (χ3v) is 11.0. The zero-order valence-electron chi connectivity index (χ0n) is 27.9. The molecule has 3 nitrogen and oxygen atoms in total. The summed E-state index contributed by atoms with van der Waals surface area (Å²) in [6.45, 7) is 0. The molecule has 7 aromatic carbocycles. The second-order valence-electron chi connectivity index (χ2n) is 13.7. The summed E-state index contributed by atoms with van der Waals surface area (Å²) in [4.78, 5) is 2.54. The number of aromatic nitrogens is 2. The molecule has 1 aliphatic heterocycles. The first kappa shape index (κ1) is 28.3. The molecular formula is C48H33N3. The standard InChI is InChI=1S/C48H33N3/c1-3-17-33(18-4-1)49-43-28-13-10-25-39(43)47-45(49)31-40(46-38-24-9-14-29-44(38)51(48(46)47)34-19-5-2-6-20-34)32-16-15-21-35(30-32)50-41-26-11-7-22-36(41)37-23-8-12-27-42(37)50/h1-31,36,41H. The van der Waals surface area contributed by atoms with E-state index in [-0.39, 0.29) is 6.04 Å². The lowest BCUT2D eigenvalue weighted by Gasteiger charge is -2.29. The van der Waals surface area contributed by atoms with Crippen LogP contribution in [0.4, 0.5) is 11.4 Å². The van der Waals surface area contributed by atoms with Gasteiger partial charge in [-0.05, 0) is 77.4 Å². The molecule has 1 aliphatic carbocycles. The number of anilines is 2. The maximum absolute atomic E-state index is 2.54. The lowest BCUT2D eigenvalue weighted by atomic mass is 9.91.